The van der Waals surface area contributed by atoms with Crippen molar-refractivity contribution in [1.82, 2.24) is 19.8 Å². The minimum absolute atomic E-state index is 0.468. The first kappa shape index (κ1) is 23.5. The normalized spacial score (nSPS) is 15.9. The number of ether oxygens (including phenoxy) is 1. The van der Waals surface area contributed by atoms with E-state index in [1.807, 2.05) is 36.9 Å². The number of hydrogen-bond acceptors (Lipinski definition) is 6. The van der Waals surface area contributed by atoms with Crippen LogP contribution in [0.15, 0.2) is 71.6 Å². The van der Waals surface area contributed by atoms with Crippen LogP contribution in [0.3, 0.4) is 0 Å². The van der Waals surface area contributed by atoms with Gasteiger partial charge in [-0.3, -0.25) is 4.98 Å². The molecule has 1 saturated heterocycles. The van der Waals surface area contributed by atoms with E-state index in [1.165, 1.54) is 16.6 Å². The van der Waals surface area contributed by atoms with Crippen LogP contribution in [-0.4, -0.2) is 66.1 Å². The van der Waals surface area contributed by atoms with Crippen molar-refractivity contribution in [3.63, 3.8) is 0 Å². The zero-order valence-electron chi connectivity index (χ0n) is 20.7. The molecule has 3 aromatic heterocycles. The van der Waals surface area contributed by atoms with Crippen LogP contribution < -0.4 is 4.74 Å². The smallest absolute Gasteiger partial charge is 0.212 e. The molecule has 4 aromatic rings. The SMILES string of the molecule is COc1ccc(-c2ccc3occ(CCCN4CCN(CC(C)c5ccccn5)CC4)c3c2)cn1. The number of nitrogens with zero attached hydrogens (tertiary/aromatic N) is 4. The summed E-state index contributed by atoms with van der Waals surface area (Å²) in [7, 11) is 1.63. The van der Waals surface area contributed by atoms with Crippen molar-refractivity contribution in [2.45, 2.75) is 25.7 Å². The number of benzene rings is 1. The first-order chi connectivity index (χ1) is 17.2. The molecule has 182 valence electrons. The number of aromatic nitrogens is 2. The maximum atomic E-state index is 5.85. The summed E-state index contributed by atoms with van der Waals surface area (Å²) in [5.74, 6) is 1.10. The molecule has 0 saturated carbocycles. The molecule has 1 atom stereocenters. The minimum atomic E-state index is 0.468. The Morgan fingerprint density at radius 2 is 1.80 bits per heavy atom. The summed E-state index contributed by atoms with van der Waals surface area (Å²) >= 11 is 0. The molecule has 1 fully saturated rings. The summed E-state index contributed by atoms with van der Waals surface area (Å²) < 4.78 is 11.0. The van der Waals surface area contributed by atoms with Crippen LogP contribution in [0.2, 0.25) is 0 Å². The van der Waals surface area contributed by atoms with Crippen molar-refractivity contribution in [3.05, 3.63) is 78.4 Å². The van der Waals surface area contributed by atoms with Gasteiger partial charge in [0.15, 0.2) is 0 Å². The van der Waals surface area contributed by atoms with Crippen LogP contribution in [0.4, 0.5) is 0 Å². The lowest BCUT2D eigenvalue weighted by molar-refractivity contribution is 0.127. The third-order valence-corrected chi connectivity index (χ3v) is 7.04. The molecule has 35 heavy (non-hydrogen) atoms. The van der Waals surface area contributed by atoms with Crippen molar-refractivity contribution in [2.24, 2.45) is 0 Å². The van der Waals surface area contributed by atoms with Gasteiger partial charge >= 0.3 is 0 Å². The molecular weight excluding hydrogens is 436 g/mol. The summed E-state index contributed by atoms with van der Waals surface area (Å²) in [6.07, 6.45) is 7.83. The van der Waals surface area contributed by atoms with Crippen molar-refractivity contribution >= 4 is 11.0 Å². The van der Waals surface area contributed by atoms with E-state index in [4.69, 9.17) is 9.15 Å². The summed E-state index contributed by atoms with van der Waals surface area (Å²) in [5, 5.41) is 1.20. The Bertz CT molecular complexity index is 1210. The van der Waals surface area contributed by atoms with Gasteiger partial charge in [-0.2, -0.15) is 0 Å². The van der Waals surface area contributed by atoms with Crippen LogP contribution in [0, 0.1) is 0 Å². The average molecular weight is 471 g/mol. The lowest BCUT2D eigenvalue weighted by atomic mass is 10.0. The van der Waals surface area contributed by atoms with Gasteiger partial charge < -0.3 is 19.0 Å². The zero-order valence-corrected chi connectivity index (χ0v) is 20.7. The molecule has 0 amide bonds. The van der Waals surface area contributed by atoms with Crippen LogP contribution in [-0.2, 0) is 6.42 Å². The number of methoxy groups -OCH3 is 1. The van der Waals surface area contributed by atoms with E-state index >= 15 is 0 Å². The zero-order chi connectivity index (χ0) is 24.0. The molecule has 1 aliphatic rings. The highest BCUT2D eigenvalue weighted by Crippen LogP contribution is 2.29. The fraction of sp³-hybridized carbons (Fsp3) is 0.379. The number of aryl methyl sites for hydroxylation is 1. The number of piperazine rings is 1. The molecule has 4 heterocycles. The van der Waals surface area contributed by atoms with E-state index in [2.05, 4.69) is 57.0 Å². The summed E-state index contributed by atoms with van der Waals surface area (Å²) in [6, 6.07) is 16.5. The van der Waals surface area contributed by atoms with Gasteiger partial charge in [-0.15, -0.1) is 0 Å². The summed E-state index contributed by atoms with van der Waals surface area (Å²) in [6.45, 7) is 9.01. The lowest BCUT2D eigenvalue weighted by Gasteiger charge is -2.35. The van der Waals surface area contributed by atoms with Gasteiger partial charge in [0.1, 0.15) is 5.58 Å². The minimum Gasteiger partial charge on any atom is -0.481 e. The monoisotopic (exact) mass is 470 g/mol. The molecule has 0 N–H and O–H groups in total. The Hall–Kier alpha value is -3.22. The Morgan fingerprint density at radius 3 is 2.54 bits per heavy atom. The van der Waals surface area contributed by atoms with Crippen LogP contribution in [0.25, 0.3) is 22.1 Å². The standard InChI is InChI=1S/C29H34N4O2/c1-22(27-7-3-4-12-30-27)20-33-16-14-32(15-17-33)13-5-6-25-21-35-28-10-8-23(18-26(25)28)24-9-11-29(34-2)31-19-24/h3-4,7-12,18-19,21-22H,5-6,13-17,20H2,1-2H3. The molecule has 0 radical (unpaired) electrons. The summed E-state index contributed by atoms with van der Waals surface area (Å²) in [5.41, 5.74) is 5.64. The number of fused-ring (bicyclic) bond motifs is 1. The first-order valence-electron chi connectivity index (χ1n) is 12.6. The third-order valence-electron chi connectivity index (χ3n) is 7.04. The summed E-state index contributed by atoms with van der Waals surface area (Å²) in [4.78, 5) is 14.0. The largest absolute Gasteiger partial charge is 0.481 e. The van der Waals surface area contributed by atoms with Gasteiger partial charge in [-0.05, 0) is 60.8 Å². The number of furan rings is 1. The molecule has 0 aliphatic carbocycles. The third kappa shape index (κ3) is 5.72. The maximum Gasteiger partial charge on any atom is 0.212 e. The Balaban J connectivity index is 1.12. The van der Waals surface area contributed by atoms with E-state index in [1.54, 1.807) is 7.11 Å². The highest BCUT2D eigenvalue weighted by Gasteiger charge is 2.19. The van der Waals surface area contributed by atoms with E-state index in [-0.39, 0.29) is 0 Å². The first-order valence-corrected chi connectivity index (χ1v) is 12.6. The topological polar surface area (TPSA) is 54.6 Å². The van der Waals surface area contributed by atoms with Gasteiger partial charge in [0.25, 0.3) is 0 Å². The van der Waals surface area contributed by atoms with E-state index in [0.717, 1.165) is 68.8 Å². The van der Waals surface area contributed by atoms with E-state index in [0.29, 0.717) is 11.8 Å². The molecule has 6 nitrogen and oxygen atoms in total. The second kappa shape index (κ2) is 11.0. The second-order valence-electron chi connectivity index (χ2n) is 9.46. The Kier molecular flexibility index (Phi) is 7.40. The molecule has 0 bridgehead atoms. The van der Waals surface area contributed by atoms with Crippen molar-refractivity contribution in [1.29, 1.82) is 0 Å². The quantitative estimate of drug-likeness (QED) is 0.333. The number of pyridine rings is 2. The van der Waals surface area contributed by atoms with E-state index < -0.39 is 0 Å². The predicted molar refractivity (Wildman–Crippen MR) is 140 cm³/mol. The maximum absolute atomic E-state index is 5.85. The fourth-order valence-corrected chi connectivity index (χ4v) is 4.96. The lowest BCUT2D eigenvalue weighted by Crippen LogP contribution is -2.47. The van der Waals surface area contributed by atoms with Crippen LogP contribution in [0.1, 0.15) is 30.5 Å². The highest BCUT2D eigenvalue weighted by atomic mass is 16.5. The number of hydrogen-bond donors (Lipinski definition) is 0. The van der Waals surface area contributed by atoms with Crippen molar-refractivity contribution < 1.29 is 9.15 Å². The molecule has 1 aliphatic heterocycles. The second-order valence-corrected chi connectivity index (χ2v) is 9.46. The molecule has 6 heteroatoms. The Morgan fingerprint density at radius 1 is 0.971 bits per heavy atom. The average Bonchev–Trinajstić information content (AvgIpc) is 3.32. The van der Waals surface area contributed by atoms with Gasteiger partial charge in [-0.1, -0.05) is 19.1 Å². The Labute approximate surface area is 207 Å². The van der Waals surface area contributed by atoms with Crippen LogP contribution >= 0.6 is 0 Å². The molecule has 0 spiro atoms. The fourth-order valence-electron chi connectivity index (χ4n) is 4.96. The van der Waals surface area contributed by atoms with Crippen molar-refractivity contribution in [3.8, 4) is 17.0 Å². The molecule has 1 unspecified atom stereocenters. The van der Waals surface area contributed by atoms with Gasteiger partial charge in [-0.25, -0.2) is 4.98 Å². The molecule has 5 rings (SSSR count). The highest BCUT2D eigenvalue weighted by molar-refractivity contribution is 5.86. The van der Waals surface area contributed by atoms with Crippen LogP contribution in [0.5, 0.6) is 5.88 Å². The van der Waals surface area contributed by atoms with Crippen molar-refractivity contribution in [2.75, 3.05) is 46.4 Å². The van der Waals surface area contributed by atoms with Gasteiger partial charge in [0, 0.05) is 73.7 Å². The van der Waals surface area contributed by atoms with E-state index in [9.17, 15) is 0 Å². The number of rotatable bonds is 9. The molecule has 1 aromatic carbocycles. The predicted octanol–water partition coefficient (Wildman–Crippen LogP) is 5.25. The van der Waals surface area contributed by atoms with Gasteiger partial charge in [0.05, 0.1) is 13.4 Å². The van der Waals surface area contributed by atoms with Gasteiger partial charge in [0.2, 0.25) is 5.88 Å². The molecular formula is C29H34N4O2.